The highest BCUT2D eigenvalue weighted by Crippen LogP contribution is 2.20. The number of nitrogens with zero attached hydrogens (tertiary/aromatic N) is 2. The van der Waals surface area contributed by atoms with Gasteiger partial charge in [-0.15, -0.1) is 0 Å². The summed E-state index contributed by atoms with van der Waals surface area (Å²) < 4.78 is 3.56. The average molecular weight is 566 g/mol. The van der Waals surface area contributed by atoms with Crippen molar-refractivity contribution in [3.05, 3.63) is 159 Å². The summed E-state index contributed by atoms with van der Waals surface area (Å²) >= 11 is 2.39. The molecule has 2 nitrogen and oxygen atoms in total. The zero-order chi connectivity index (χ0) is 24.3. The van der Waals surface area contributed by atoms with Crippen LogP contribution in [0.5, 0.6) is 0 Å². The Morgan fingerprint density at radius 1 is 0.714 bits per heavy atom. The van der Waals surface area contributed by atoms with Crippen LogP contribution in [0.25, 0.3) is 0 Å². The average Bonchev–Trinajstić information content (AvgIpc) is 3.37. The molecule has 172 valence electrons. The van der Waals surface area contributed by atoms with Crippen molar-refractivity contribution in [1.82, 2.24) is 9.55 Å². The number of benzene rings is 4. The zero-order valence-electron chi connectivity index (χ0n) is 19.7. The van der Waals surface area contributed by atoms with Crippen molar-refractivity contribution in [2.45, 2.75) is 25.2 Å². The largest absolute Gasteiger partial charge is 0.334 e. The molecule has 0 N–H and O–H groups in total. The first-order chi connectivity index (χ1) is 17.2. The van der Waals surface area contributed by atoms with E-state index < -0.39 is 0 Å². The van der Waals surface area contributed by atoms with Crippen molar-refractivity contribution in [3.8, 4) is 0 Å². The SMILES string of the molecule is Ic1ccccc1Cc1nccn1CCc1ccccc1.[B]C(c1ccccc1)c1ccccc1. The number of imidazole rings is 1. The second kappa shape index (κ2) is 13.1. The van der Waals surface area contributed by atoms with Crippen LogP contribution in [0.15, 0.2) is 128 Å². The maximum absolute atomic E-state index is 6.12. The first kappa shape index (κ1) is 25.0. The molecule has 0 bridgehead atoms. The molecule has 0 saturated heterocycles. The van der Waals surface area contributed by atoms with Crippen LogP contribution in [-0.2, 0) is 19.4 Å². The van der Waals surface area contributed by atoms with E-state index in [1.807, 2.05) is 42.6 Å². The summed E-state index contributed by atoms with van der Waals surface area (Å²) in [4.78, 5) is 4.52. The van der Waals surface area contributed by atoms with Crippen molar-refractivity contribution in [3.63, 3.8) is 0 Å². The maximum atomic E-state index is 6.12. The van der Waals surface area contributed by atoms with Gasteiger partial charge in [0.2, 0.25) is 0 Å². The van der Waals surface area contributed by atoms with Gasteiger partial charge < -0.3 is 4.57 Å². The second-order valence-corrected chi connectivity index (χ2v) is 9.50. The molecule has 0 atom stereocenters. The normalized spacial score (nSPS) is 10.6. The molecule has 5 aromatic rings. The van der Waals surface area contributed by atoms with Crippen LogP contribution in [0.1, 0.15) is 33.9 Å². The lowest BCUT2D eigenvalue weighted by Gasteiger charge is -2.12. The third kappa shape index (κ3) is 7.43. The van der Waals surface area contributed by atoms with E-state index >= 15 is 0 Å². The summed E-state index contributed by atoms with van der Waals surface area (Å²) in [5.41, 5.74) is 5.01. The van der Waals surface area contributed by atoms with Gasteiger partial charge >= 0.3 is 0 Å². The number of rotatable bonds is 7. The Morgan fingerprint density at radius 3 is 1.86 bits per heavy atom. The molecule has 0 fully saturated rings. The molecule has 0 saturated carbocycles. The number of halogens is 1. The standard InChI is InChI=1S/C18H17IN2.C13H11B/c19-17-9-5-4-8-16(17)14-18-20-11-13-21(18)12-10-15-6-2-1-3-7-15;14-13(11-7-3-1-4-8-11)12-9-5-2-6-10-12/h1-9,11,13H,10,12,14H2;1-10,13H. The van der Waals surface area contributed by atoms with Gasteiger partial charge in [-0.05, 0) is 63.1 Å². The molecule has 4 heteroatoms. The highest BCUT2D eigenvalue weighted by atomic mass is 127. The molecule has 2 radical (unpaired) electrons. The summed E-state index contributed by atoms with van der Waals surface area (Å²) in [7, 11) is 6.12. The van der Waals surface area contributed by atoms with Crippen molar-refractivity contribution in [2.24, 2.45) is 0 Å². The van der Waals surface area contributed by atoms with E-state index in [2.05, 4.69) is 117 Å². The monoisotopic (exact) mass is 566 g/mol. The van der Waals surface area contributed by atoms with E-state index in [-0.39, 0.29) is 5.82 Å². The summed E-state index contributed by atoms with van der Waals surface area (Å²) in [6, 6.07) is 39.4. The smallest absolute Gasteiger partial charge is 0.113 e. The molecule has 0 aliphatic rings. The second-order valence-electron chi connectivity index (χ2n) is 8.34. The molecule has 5 rings (SSSR count). The minimum atomic E-state index is -0.0163. The molecule has 0 amide bonds. The molecule has 0 aliphatic carbocycles. The van der Waals surface area contributed by atoms with E-state index in [9.17, 15) is 0 Å². The Labute approximate surface area is 223 Å². The summed E-state index contributed by atoms with van der Waals surface area (Å²) in [5, 5.41) is 0. The van der Waals surface area contributed by atoms with Crippen molar-refractivity contribution >= 4 is 30.4 Å². The molecular weight excluding hydrogens is 538 g/mol. The van der Waals surface area contributed by atoms with Gasteiger partial charge in [0.25, 0.3) is 0 Å². The molecule has 4 aromatic carbocycles. The quantitative estimate of drug-likeness (QED) is 0.150. The van der Waals surface area contributed by atoms with E-state index in [0.29, 0.717) is 0 Å². The minimum absolute atomic E-state index is 0.0163. The number of hydrogen-bond donors (Lipinski definition) is 0. The fourth-order valence-corrected chi connectivity index (χ4v) is 4.51. The fraction of sp³-hybridized carbons (Fsp3) is 0.129. The Hall–Kier alpha value is -3.12. The Kier molecular flexibility index (Phi) is 9.36. The highest BCUT2D eigenvalue weighted by molar-refractivity contribution is 14.1. The van der Waals surface area contributed by atoms with Gasteiger partial charge in [-0.25, -0.2) is 4.98 Å². The lowest BCUT2D eigenvalue weighted by Crippen LogP contribution is -2.06. The van der Waals surface area contributed by atoms with E-state index in [1.54, 1.807) is 0 Å². The van der Waals surface area contributed by atoms with Crippen LogP contribution >= 0.6 is 22.6 Å². The van der Waals surface area contributed by atoms with Gasteiger partial charge in [0.05, 0.1) is 7.85 Å². The first-order valence-electron chi connectivity index (χ1n) is 11.8. The van der Waals surface area contributed by atoms with Crippen LogP contribution in [0.2, 0.25) is 0 Å². The van der Waals surface area contributed by atoms with Crippen LogP contribution < -0.4 is 0 Å². The topological polar surface area (TPSA) is 17.8 Å². The van der Waals surface area contributed by atoms with Crippen LogP contribution in [0, 0.1) is 3.57 Å². The lowest BCUT2D eigenvalue weighted by atomic mass is 9.76. The van der Waals surface area contributed by atoms with Crippen LogP contribution in [0.3, 0.4) is 0 Å². The van der Waals surface area contributed by atoms with Gasteiger partial charge in [0, 0.05) is 28.9 Å². The van der Waals surface area contributed by atoms with Crippen LogP contribution in [0.4, 0.5) is 0 Å². The highest BCUT2D eigenvalue weighted by Gasteiger charge is 2.07. The van der Waals surface area contributed by atoms with E-state index in [0.717, 1.165) is 36.3 Å². The Balaban J connectivity index is 0.000000179. The molecule has 0 unspecified atom stereocenters. The zero-order valence-corrected chi connectivity index (χ0v) is 21.8. The van der Waals surface area contributed by atoms with Crippen LogP contribution in [-0.4, -0.2) is 17.4 Å². The van der Waals surface area contributed by atoms with Crippen molar-refractivity contribution in [1.29, 1.82) is 0 Å². The Morgan fingerprint density at radius 2 is 1.26 bits per heavy atom. The minimum Gasteiger partial charge on any atom is -0.334 e. The van der Waals surface area contributed by atoms with Gasteiger partial charge in [-0.1, -0.05) is 109 Å². The van der Waals surface area contributed by atoms with Gasteiger partial charge in [-0.3, -0.25) is 0 Å². The van der Waals surface area contributed by atoms with Gasteiger partial charge in [-0.2, -0.15) is 0 Å². The van der Waals surface area contributed by atoms with E-state index in [1.165, 1.54) is 14.7 Å². The molecular formula is C31H28BIN2. The first-order valence-corrected chi connectivity index (χ1v) is 12.9. The summed E-state index contributed by atoms with van der Waals surface area (Å²) in [5.74, 6) is 1.12. The maximum Gasteiger partial charge on any atom is 0.113 e. The third-order valence-corrected chi connectivity index (χ3v) is 6.96. The van der Waals surface area contributed by atoms with Crippen molar-refractivity contribution in [2.75, 3.05) is 0 Å². The predicted molar refractivity (Wildman–Crippen MR) is 155 cm³/mol. The summed E-state index contributed by atoms with van der Waals surface area (Å²) in [6.45, 7) is 0.975. The molecule has 1 aromatic heterocycles. The molecule has 0 spiro atoms. The lowest BCUT2D eigenvalue weighted by molar-refractivity contribution is 0.660. The number of aryl methyl sites for hydroxylation is 2. The van der Waals surface area contributed by atoms with Gasteiger partial charge in [0.15, 0.2) is 0 Å². The van der Waals surface area contributed by atoms with Gasteiger partial charge in [0.1, 0.15) is 5.82 Å². The molecule has 1 heterocycles. The summed E-state index contributed by atoms with van der Waals surface area (Å²) in [6.07, 6.45) is 5.90. The molecule has 35 heavy (non-hydrogen) atoms. The number of aromatic nitrogens is 2. The fourth-order valence-electron chi connectivity index (χ4n) is 3.93. The predicted octanol–water partition coefficient (Wildman–Crippen LogP) is 7.27. The van der Waals surface area contributed by atoms with Crippen molar-refractivity contribution < 1.29 is 0 Å². The molecule has 0 aliphatic heterocycles. The van der Waals surface area contributed by atoms with E-state index in [4.69, 9.17) is 7.85 Å². The third-order valence-electron chi connectivity index (χ3n) is 5.91. The number of hydrogen-bond acceptors (Lipinski definition) is 1. The Bertz CT molecular complexity index is 1250.